The van der Waals surface area contributed by atoms with Crippen molar-refractivity contribution in [3.8, 4) is 0 Å². The molecular weight excluding hydrogens is 303 g/mol. The topological polar surface area (TPSA) is 70.7 Å². The van der Waals surface area contributed by atoms with Gasteiger partial charge in [-0.2, -0.15) is 0 Å². The average Bonchev–Trinajstić information content (AvgIpc) is 2.54. The molecule has 2 aromatic rings. The Morgan fingerprint density at radius 3 is 2.43 bits per heavy atom. The number of nitrogens with zero attached hydrogens (tertiary/aromatic N) is 4. The number of aryl methyl sites for hydroxylation is 1. The molecule has 1 aromatic heterocycles. The summed E-state index contributed by atoms with van der Waals surface area (Å²) in [6.07, 6.45) is 0. The van der Waals surface area contributed by atoms with Gasteiger partial charge in [-0.1, -0.05) is 4.73 Å². The van der Waals surface area contributed by atoms with Gasteiger partial charge in [-0.3, -0.25) is 9.36 Å². The molecule has 0 saturated carbocycles. The minimum atomic E-state index is -0.904. The second-order valence-corrected chi connectivity index (χ2v) is 5.75. The van der Waals surface area contributed by atoms with Crippen molar-refractivity contribution in [2.45, 2.75) is 13.5 Å². The Hall–Kier alpha value is -2.35. The maximum Gasteiger partial charge on any atom is 0.364 e. The van der Waals surface area contributed by atoms with Gasteiger partial charge >= 0.3 is 5.69 Å². The molecule has 0 atom stereocenters. The third-order valence-electron chi connectivity index (χ3n) is 4.35. The highest BCUT2D eigenvalue weighted by atomic mass is 19.1. The van der Waals surface area contributed by atoms with Crippen molar-refractivity contribution in [2.75, 3.05) is 38.1 Å². The van der Waals surface area contributed by atoms with Crippen LogP contribution in [0.5, 0.6) is 0 Å². The molecule has 1 aliphatic heterocycles. The summed E-state index contributed by atoms with van der Waals surface area (Å²) in [5, 5.41) is 9.58. The molecule has 1 saturated heterocycles. The van der Waals surface area contributed by atoms with Crippen LogP contribution in [0.1, 0.15) is 6.92 Å². The predicted octanol–water partition coefficient (Wildman–Crippen LogP) is 0.311. The fourth-order valence-corrected chi connectivity index (χ4v) is 2.96. The first-order valence-electron chi connectivity index (χ1n) is 7.56. The normalized spacial score (nSPS) is 16.2. The number of fused-ring (bicyclic) bond motifs is 1. The second kappa shape index (κ2) is 5.69. The van der Waals surface area contributed by atoms with E-state index in [1.807, 2.05) is 11.9 Å². The summed E-state index contributed by atoms with van der Waals surface area (Å²) in [4.78, 5) is 28.1. The molecular formula is C15H19FN4O3. The van der Waals surface area contributed by atoms with Crippen LogP contribution in [0.15, 0.2) is 21.7 Å². The van der Waals surface area contributed by atoms with Crippen molar-refractivity contribution in [2.24, 2.45) is 0 Å². The lowest BCUT2D eigenvalue weighted by molar-refractivity contribution is 0.157. The third kappa shape index (κ3) is 2.48. The van der Waals surface area contributed by atoms with E-state index in [1.165, 1.54) is 10.6 Å². The molecule has 1 aromatic carbocycles. The van der Waals surface area contributed by atoms with Gasteiger partial charge in [-0.25, -0.2) is 9.18 Å². The van der Waals surface area contributed by atoms with E-state index in [2.05, 4.69) is 4.90 Å². The van der Waals surface area contributed by atoms with E-state index in [0.29, 0.717) is 24.3 Å². The summed E-state index contributed by atoms with van der Waals surface area (Å²) in [5.41, 5.74) is -1.01. The SMILES string of the molecule is CCn1c(=O)n(O)c(=O)c2cc(F)c(N3CCN(C)CC3)cc21. The van der Waals surface area contributed by atoms with Gasteiger partial charge in [-0.15, -0.1) is 0 Å². The Morgan fingerprint density at radius 2 is 1.83 bits per heavy atom. The number of hydrogen-bond donors (Lipinski definition) is 1. The van der Waals surface area contributed by atoms with Crippen LogP contribution in [0.25, 0.3) is 10.9 Å². The summed E-state index contributed by atoms with van der Waals surface area (Å²) in [7, 11) is 2.01. The summed E-state index contributed by atoms with van der Waals surface area (Å²) >= 11 is 0. The Morgan fingerprint density at radius 1 is 1.17 bits per heavy atom. The summed E-state index contributed by atoms with van der Waals surface area (Å²) in [6, 6.07) is 2.63. The van der Waals surface area contributed by atoms with Crippen molar-refractivity contribution in [3.05, 3.63) is 38.8 Å². The smallest absolute Gasteiger partial charge is 0.364 e. The molecule has 8 heteroatoms. The third-order valence-corrected chi connectivity index (χ3v) is 4.35. The van der Waals surface area contributed by atoms with Crippen molar-refractivity contribution < 1.29 is 9.60 Å². The standard InChI is InChI=1S/C15H19FN4O3/c1-3-19-12-9-13(18-6-4-17(2)5-7-18)11(16)8-10(12)14(21)20(23)15(19)22/h8-9,23H,3-7H2,1-2H3. The highest BCUT2D eigenvalue weighted by Gasteiger charge is 2.20. The van der Waals surface area contributed by atoms with Gasteiger partial charge in [0, 0.05) is 32.7 Å². The Balaban J connectivity index is 2.23. The lowest BCUT2D eigenvalue weighted by Crippen LogP contribution is -2.45. The van der Waals surface area contributed by atoms with Gasteiger partial charge < -0.3 is 15.0 Å². The lowest BCUT2D eigenvalue weighted by Gasteiger charge is -2.34. The minimum absolute atomic E-state index is 0.00988. The zero-order valence-electron chi connectivity index (χ0n) is 13.1. The maximum atomic E-state index is 14.5. The molecule has 0 unspecified atom stereocenters. The number of halogens is 1. The van der Waals surface area contributed by atoms with Crippen LogP contribution in [0, 0.1) is 5.82 Å². The molecule has 1 fully saturated rings. The number of aromatic nitrogens is 2. The van der Waals surface area contributed by atoms with Gasteiger partial charge in [0.1, 0.15) is 5.82 Å². The zero-order chi connectivity index (χ0) is 16.7. The molecule has 7 nitrogen and oxygen atoms in total. The number of hydrogen-bond acceptors (Lipinski definition) is 5. The molecule has 0 amide bonds. The second-order valence-electron chi connectivity index (χ2n) is 5.75. The van der Waals surface area contributed by atoms with Crippen LogP contribution in [-0.2, 0) is 6.54 Å². The van der Waals surface area contributed by atoms with Gasteiger partial charge in [0.2, 0.25) is 0 Å². The van der Waals surface area contributed by atoms with Crippen LogP contribution >= 0.6 is 0 Å². The zero-order valence-corrected chi connectivity index (χ0v) is 13.1. The van der Waals surface area contributed by atoms with E-state index in [1.54, 1.807) is 6.92 Å². The first-order chi connectivity index (χ1) is 10.9. The van der Waals surface area contributed by atoms with Crippen molar-refractivity contribution in [3.63, 3.8) is 0 Å². The quantitative estimate of drug-likeness (QED) is 0.806. The molecule has 2 heterocycles. The molecule has 1 aliphatic rings. The molecule has 23 heavy (non-hydrogen) atoms. The van der Waals surface area contributed by atoms with E-state index in [4.69, 9.17) is 0 Å². The lowest BCUT2D eigenvalue weighted by atomic mass is 10.1. The average molecular weight is 322 g/mol. The highest BCUT2D eigenvalue weighted by Crippen LogP contribution is 2.25. The predicted molar refractivity (Wildman–Crippen MR) is 85.0 cm³/mol. The van der Waals surface area contributed by atoms with Gasteiger partial charge in [0.25, 0.3) is 5.56 Å². The van der Waals surface area contributed by atoms with Gasteiger partial charge in [0.05, 0.1) is 16.6 Å². The van der Waals surface area contributed by atoms with Crippen LogP contribution in [0.4, 0.5) is 10.1 Å². The fraction of sp³-hybridized carbons (Fsp3) is 0.467. The Kier molecular flexibility index (Phi) is 3.85. The maximum absolute atomic E-state index is 14.5. The summed E-state index contributed by atoms with van der Waals surface area (Å²) < 4.78 is 15.8. The highest BCUT2D eigenvalue weighted by molar-refractivity contribution is 5.82. The number of likely N-dealkylation sites (N-methyl/N-ethyl adjacent to an activating group) is 1. The number of benzene rings is 1. The molecule has 0 spiro atoms. The van der Waals surface area contributed by atoms with Crippen molar-refractivity contribution in [1.29, 1.82) is 0 Å². The molecule has 3 rings (SSSR count). The monoisotopic (exact) mass is 322 g/mol. The first-order valence-corrected chi connectivity index (χ1v) is 7.56. The van der Waals surface area contributed by atoms with Gasteiger partial charge in [-0.05, 0) is 26.1 Å². The van der Waals surface area contributed by atoms with Crippen molar-refractivity contribution in [1.82, 2.24) is 14.2 Å². The first kappa shape index (κ1) is 15.5. The summed E-state index contributed by atoms with van der Waals surface area (Å²) in [5.74, 6) is -0.527. The summed E-state index contributed by atoms with van der Waals surface area (Å²) in [6.45, 7) is 4.97. The fourth-order valence-electron chi connectivity index (χ4n) is 2.96. The Labute approximate surface area is 131 Å². The number of anilines is 1. The molecule has 1 N–H and O–H groups in total. The van der Waals surface area contributed by atoms with E-state index in [9.17, 15) is 19.2 Å². The molecule has 0 aliphatic carbocycles. The van der Waals surface area contributed by atoms with Crippen LogP contribution < -0.4 is 16.1 Å². The van der Waals surface area contributed by atoms with E-state index in [0.717, 1.165) is 19.2 Å². The van der Waals surface area contributed by atoms with E-state index < -0.39 is 17.1 Å². The van der Waals surface area contributed by atoms with Gasteiger partial charge in [0.15, 0.2) is 0 Å². The number of piperazine rings is 1. The minimum Gasteiger partial charge on any atom is -0.421 e. The van der Waals surface area contributed by atoms with Crippen LogP contribution in [-0.4, -0.2) is 52.6 Å². The van der Waals surface area contributed by atoms with E-state index >= 15 is 0 Å². The largest absolute Gasteiger partial charge is 0.421 e. The van der Waals surface area contributed by atoms with E-state index in [-0.39, 0.29) is 16.7 Å². The number of rotatable bonds is 2. The van der Waals surface area contributed by atoms with Crippen LogP contribution in [0.3, 0.4) is 0 Å². The van der Waals surface area contributed by atoms with Crippen molar-refractivity contribution >= 4 is 16.6 Å². The van der Waals surface area contributed by atoms with Crippen LogP contribution in [0.2, 0.25) is 0 Å². The molecule has 124 valence electrons. The molecule has 0 radical (unpaired) electrons. The Bertz CT molecular complexity index is 866. The molecule has 0 bridgehead atoms.